The van der Waals surface area contributed by atoms with Crippen LogP contribution in [0, 0.1) is 5.82 Å². The number of nitrogens with one attached hydrogen (secondary N) is 1. The summed E-state index contributed by atoms with van der Waals surface area (Å²) in [6, 6.07) is 16.5. The van der Waals surface area contributed by atoms with Gasteiger partial charge in [0.05, 0.1) is 17.2 Å². The van der Waals surface area contributed by atoms with E-state index in [1.807, 2.05) is 20.8 Å². The van der Waals surface area contributed by atoms with Crippen LogP contribution in [-0.2, 0) is 26.2 Å². The zero-order chi connectivity index (χ0) is 30.2. The number of amides is 2. The summed E-state index contributed by atoms with van der Waals surface area (Å²) in [4.78, 5) is 28.2. The molecular weight excluding hydrogens is 569 g/mol. The number of nitrogens with zero attached hydrogens (tertiary/aromatic N) is 2. The fourth-order valence-electron chi connectivity index (χ4n) is 3.97. The second-order valence-electron chi connectivity index (χ2n) is 9.53. The van der Waals surface area contributed by atoms with Crippen LogP contribution in [0.3, 0.4) is 0 Å². The Hall–Kier alpha value is -3.63. The van der Waals surface area contributed by atoms with Gasteiger partial charge in [-0.05, 0) is 93.4 Å². The van der Waals surface area contributed by atoms with E-state index >= 15 is 0 Å². The van der Waals surface area contributed by atoms with E-state index in [4.69, 9.17) is 16.3 Å². The number of benzene rings is 3. The van der Waals surface area contributed by atoms with Crippen molar-refractivity contribution in [3.63, 3.8) is 0 Å². The fraction of sp³-hybridized carbons (Fsp3) is 0.333. The van der Waals surface area contributed by atoms with Crippen LogP contribution in [0.25, 0.3) is 0 Å². The van der Waals surface area contributed by atoms with Gasteiger partial charge >= 0.3 is 0 Å². The van der Waals surface area contributed by atoms with E-state index < -0.39 is 34.3 Å². The average molecular weight is 604 g/mol. The van der Waals surface area contributed by atoms with E-state index in [0.717, 1.165) is 4.31 Å². The molecule has 0 aliphatic carbocycles. The minimum atomic E-state index is -4.24. The molecule has 8 nitrogen and oxygen atoms in total. The van der Waals surface area contributed by atoms with E-state index in [9.17, 15) is 22.4 Å². The van der Waals surface area contributed by atoms with Crippen molar-refractivity contribution in [3.05, 3.63) is 89.2 Å². The molecule has 11 heteroatoms. The zero-order valence-corrected chi connectivity index (χ0v) is 25.1. The number of halogens is 2. The molecule has 1 N–H and O–H groups in total. The molecule has 0 bridgehead atoms. The molecule has 0 aromatic heterocycles. The molecule has 3 rings (SSSR count). The van der Waals surface area contributed by atoms with E-state index in [-0.39, 0.29) is 29.1 Å². The number of carbonyl (C=O) groups excluding carboxylic acids is 2. The Bertz CT molecular complexity index is 1420. The molecule has 0 fully saturated rings. The monoisotopic (exact) mass is 603 g/mol. The molecule has 0 aliphatic heterocycles. The minimum Gasteiger partial charge on any atom is -0.494 e. The third-order valence-corrected chi connectivity index (χ3v) is 8.59. The van der Waals surface area contributed by atoms with Crippen molar-refractivity contribution in [2.75, 3.05) is 17.5 Å². The Morgan fingerprint density at radius 3 is 2.12 bits per heavy atom. The first-order chi connectivity index (χ1) is 19.5. The summed E-state index contributed by atoms with van der Waals surface area (Å²) in [5.41, 5.74) is 0.811. The predicted molar refractivity (Wildman–Crippen MR) is 158 cm³/mol. The topological polar surface area (TPSA) is 96.0 Å². The van der Waals surface area contributed by atoms with Gasteiger partial charge in [-0.1, -0.05) is 30.7 Å². The van der Waals surface area contributed by atoms with Gasteiger partial charge in [-0.2, -0.15) is 0 Å². The lowest BCUT2D eigenvalue weighted by Gasteiger charge is -2.32. The first-order valence-corrected chi connectivity index (χ1v) is 15.1. The Morgan fingerprint density at radius 1 is 0.951 bits per heavy atom. The number of carbonyl (C=O) groups is 2. The molecule has 0 aliphatic rings. The van der Waals surface area contributed by atoms with Crippen LogP contribution >= 0.6 is 11.6 Å². The van der Waals surface area contributed by atoms with Crippen LogP contribution in [0.2, 0.25) is 5.02 Å². The number of anilines is 1. The number of rotatable bonds is 13. The molecule has 0 unspecified atom stereocenters. The fourth-order valence-corrected chi connectivity index (χ4v) is 5.51. The Labute approximate surface area is 246 Å². The molecule has 0 saturated heterocycles. The lowest BCUT2D eigenvalue weighted by molar-refractivity contribution is -0.139. The van der Waals surface area contributed by atoms with Crippen LogP contribution in [0.5, 0.6) is 5.75 Å². The quantitative estimate of drug-likeness (QED) is 0.282. The second-order valence-corrected chi connectivity index (χ2v) is 11.8. The normalized spacial score (nSPS) is 12.7. The summed E-state index contributed by atoms with van der Waals surface area (Å²) in [5, 5.41) is 3.23. The molecule has 0 saturated carbocycles. The molecule has 3 aromatic rings. The van der Waals surface area contributed by atoms with Crippen molar-refractivity contribution < 1.29 is 27.1 Å². The third-order valence-electron chi connectivity index (χ3n) is 6.55. The van der Waals surface area contributed by atoms with Crippen LogP contribution in [0.4, 0.5) is 10.1 Å². The van der Waals surface area contributed by atoms with Gasteiger partial charge in [-0.25, -0.2) is 12.8 Å². The summed E-state index contributed by atoms with van der Waals surface area (Å²) >= 11 is 5.98. The first-order valence-electron chi connectivity index (χ1n) is 13.3. The van der Waals surface area contributed by atoms with E-state index in [1.54, 1.807) is 31.2 Å². The standard InChI is InChI=1S/C30H35ClFN3O5S/c1-5-21(3)33-30(37)22(4)34(19-23-7-11-25(32)12-8-23)29(36)20-35(26-13-15-27(16-14-26)40-6-2)41(38,39)28-17-9-24(31)10-18-28/h7-18,21-22H,5-6,19-20H2,1-4H3,(H,33,37)/t21-,22-/m1/s1. The van der Waals surface area contributed by atoms with Crippen molar-refractivity contribution in [3.8, 4) is 5.75 Å². The molecular formula is C30H35ClFN3O5S. The van der Waals surface area contributed by atoms with E-state index in [0.29, 0.717) is 29.4 Å². The smallest absolute Gasteiger partial charge is 0.264 e. The second kappa shape index (κ2) is 14.3. The molecule has 220 valence electrons. The SMILES string of the molecule is CCOc1ccc(N(CC(=O)N(Cc2ccc(F)cc2)[C@H](C)C(=O)N[C@H](C)CC)S(=O)(=O)c2ccc(Cl)cc2)cc1. The number of hydrogen-bond donors (Lipinski definition) is 1. The maximum absolute atomic E-state index is 13.9. The van der Waals surface area contributed by atoms with Crippen molar-refractivity contribution >= 4 is 39.1 Å². The average Bonchev–Trinajstić information content (AvgIpc) is 2.95. The maximum Gasteiger partial charge on any atom is 0.264 e. The molecule has 0 radical (unpaired) electrons. The summed E-state index contributed by atoms with van der Waals surface area (Å²) < 4.78 is 47.8. The summed E-state index contributed by atoms with van der Waals surface area (Å²) in [6.07, 6.45) is 0.690. The predicted octanol–water partition coefficient (Wildman–Crippen LogP) is 5.41. The van der Waals surface area contributed by atoms with Gasteiger partial charge in [0.25, 0.3) is 10.0 Å². The van der Waals surface area contributed by atoms with Crippen molar-refractivity contribution in [2.45, 2.75) is 57.6 Å². The minimum absolute atomic E-state index is 0.0354. The highest BCUT2D eigenvalue weighted by atomic mass is 35.5. The van der Waals surface area contributed by atoms with Crippen LogP contribution in [-0.4, -0.2) is 50.4 Å². The highest BCUT2D eigenvalue weighted by Gasteiger charge is 2.32. The van der Waals surface area contributed by atoms with Crippen molar-refractivity contribution in [1.82, 2.24) is 10.2 Å². The van der Waals surface area contributed by atoms with Gasteiger partial charge in [0, 0.05) is 17.6 Å². The van der Waals surface area contributed by atoms with Crippen LogP contribution in [0.15, 0.2) is 77.7 Å². The molecule has 2 atom stereocenters. The molecule has 3 aromatic carbocycles. The largest absolute Gasteiger partial charge is 0.494 e. The molecule has 2 amide bonds. The molecule has 0 spiro atoms. The van der Waals surface area contributed by atoms with Gasteiger partial charge in [0.1, 0.15) is 24.2 Å². The third kappa shape index (κ3) is 8.43. The number of ether oxygens (including phenoxy) is 1. The zero-order valence-electron chi connectivity index (χ0n) is 23.5. The van der Waals surface area contributed by atoms with Crippen molar-refractivity contribution in [1.29, 1.82) is 0 Å². The summed E-state index contributed by atoms with van der Waals surface area (Å²) in [5.74, 6) is -0.903. The molecule has 41 heavy (non-hydrogen) atoms. The summed E-state index contributed by atoms with van der Waals surface area (Å²) in [7, 11) is -4.24. The van der Waals surface area contributed by atoms with Crippen LogP contribution in [0.1, 0.15) is 39.7 Å². The van der Waals surface area contributed by atoms with Gasteiger partial charge in [0.2, 0.25) is 11.8 Å². The summed E-state index contributed by atoms with van der Waals surface area (Å²) in [6.45, 7) is 6.98. The van der Waals surface area contributed by atoms with Gasteiger partial charge in [-0.15, -0.1) is 0 Å². The lowest BCUT2D eigenvalue weighted by atomic mass is 10.1. The van der Waals surface area contributed by atoms with Gasteiger partial charge in [-0.3, -0.25) is 13.9 Å². The number of hydrogen-bond acceptors (Lipinski definition) is 5. The highest BCUT2D eigenvalue weighted by Crippen LogP contribution is 2.27. The number of sulfonamides is 1. The van der Waals surface area contributed by atoms with Gasteiger partial charge < -0.3 is 15.0 Å². The highest BCUT2D eigenvalue weighted by molar-refractivity contribution is 7.92. The first kappa shape index (κ1) is 31.9. The van der Waals surface area contributed by atoms with E-state index in [2.05, 4.69) is 5.32 Å². The van der Waals surface area contributed by atoms with Crippen molar-refractivity contribution in [2.24, 2.45) is 0 Å². The molecule has 0 heterocycles. The Balaban J connectivity index is 2.02. The lowest BCUT2D eigenvalue weighted by Crippen LogP contribution is -2.52. The van der Waals surface area contributed by atoms with Gasteiger partial charge in [0.15, 0.2) is 0 Å². The van der Waals surface area contributed by atoms with E-state index in [1.165, 1.54) is 53.4 Å². The van der Waals surface area contributed by atoms with Crippen LogP contribution < -0.4 is 14.4 Å². The Morgan fingerprint density at radius 2 is 1.56 bits per heavy atom. The Kier molecular flexibility index (Phi) is 11.1. The maximum atomic E-state index is 13.9.